The van der Waals surface area contributed by atoms with E-state index in [1.807, 2.05) is 13.1 Å². The summed E-state index contributed by atoms with van der Waals surface area (Å²) in [4.78, 5) is 19.0. The Balaban J connectivity index is 1.50. The fraction of sp³-hybridized carbons (Fsp3) is 0.263. The molecule has 0 atom stereocenters. The molecule has 1 fully saturated rings. The van der Waals surface area contributed by atoms with Crippen LogP contribution in [-0.2, 0) is 10.0 Å². The van der Waals surface area contributed by atoms with Crippen molar-refractivity contribution in [3.63, 3.8) is 0 Å². The van der Waals surface area contributed by atoms with Gasteiger partial charge in [-0.25, -0.2) is 8.42 Å². The zero-order chi connectivity index (χ0) is 21.1. The molecule has 0 radical (unpaired) electrons. The van der Waals surface area contributed by atoms with E-state index in [0.29, 0.717) is 42.0 Å². The summed E-state index contributed by atoms with van der Waals surface area (Å²) < 4.78 is 27.3. The van der Waals surface area contributed by atoms with E-state index in [9.17, 15) is 13.2 Å². The highest BCUT2D eigenvalue weighted by atomic mass is 32.2. The normalized spacial score (nSPS) is 15.8. The molecule has 1 N–H and O–H groups in total. The third-order valence-electron chi connectivity index (χ3n) is 4.73. The van der Waals surface area contributed by atoms with Crippen molar-refractivity contribution in [2.24, 2.45) is 0 Å². The van der Waals surface area contributed by atoms with E-state index in [1.54, 1.807) is 30.5 Å². The lowest BCUT2D eigenvalue weighted by Gasteiger charge is -2.31. The molecule has 0 spiro atoms. The maximum absolute atomic E-state index is 12.9. The van der Waals surface area contributed by atoms with Crippen LogP contribution in [-0.4, -0.2) is 71.9 Å². The van der Waals surface area contributed by atoms with Crippen LogP contribution in [0.25, 0.3) is 10.7 Å². The fourth-order valence-electron chi connectivity index (χ4n) is 3.01. The van der Waals surface area contributed by atoms with Crippen LogP contribution < -0.4 is 5.32 Å². The zero-order valence-corrected chi connectivity index (χ0v) is 17.9. The lowest BCUT2D eigenvalue weighted by atomic mass is 10.2. The molecule has 1 aliphatic heterocycles. The van der Waals surface area contributed by atoms with Crippen molar-refractivity contribution in [2.75, 3.05) is 38.5 Å². The number of benzene rings is 1. The van der Waals surface area contributed by atoms with Crippen molar-refractivity contribution in [1.29, 1.82) is 0 Å². The molecule has 11 heteroatoms. The van der Waals surface area contributed by atoms with Gasteiger partial charge < -0.3 is 4.90 Å². The quantitative estimate of drug-likeness (QED) is 0.639. The highest BCUT2D eigenvalue weighted by molar-refractivity contribution is 7.89. The topological polar surface area (TPSA) is 108 Å². The zero-order valence-electron chi connectivity index (χ0n) is 16.2. The second kappa shape index (κ2) is 8.56. The van der Waals surface area contributed by atoms with Gasteiger partial charge in [0.1, 0.15) is 5.69 Å². The van der Waals surface area contributed by atoms with E-state index < -0.39 is 15.9 Å². The molecule has 4 rings (SSSR count). The van der Waals surface area contributed by atoms with Gasteiger partial charge in [0.15, 0.2) is 5.01 Å². The molecule has 0 saturated carbocycles. The number of carbonyl (C=O) groups is 1. The molecule has 156 valence electrons. The SMILES string of the molecule is CN1CCN(S(=O)(=O)c2cccc(C(=O)Nc3nnc(-c4ccccn4)s3)c2)CC1. The summed E-state index contributed by atoms with van der Waals surface area (Å²) in [5.74, 6) is -0.450. The molecule has 1 aromatic carbocycles. The number of likely N-dealkylation sites (N-methyl/N-ethyl adjacent to an activating group) is 1. The largest absolute Gasteiger partial charge is 0.304 e. The first-order chi connectivity index (χ1) is 14.4. The van der Waals surface area contributed by atoms with Crippen molar-refractivity contribution in [3.05, 3.63) is 54.2 Å². The number of anilines is 1. The molecule has 3 aromatic rings. The van der Waals surface area contributed by atoms with Crippen molar-refractivity contribution < 1.29 is 13.2 Å². The number of pyridine rings is 1. The van der Waals surface area contributed by atoms with Crippen LogP contribution in [0.4, 0.5) is 5.13 Å². The maximum atomic E-state index is 12.9. The highest BCUT2D eigenvalue weighted by Crippen LogP contribution is 2.25. The number of amides is 1. The molecule has 0 aliphatic carbocycles. The summed E-state index contributed by atoms with van der Waals surface area (Å²) in [6.45, 7) is 2.21. The maximum Gasteiger partial charge on any atom is 0.257 e. The van der Waals surface area contributed by atoms with Gasteiger partial charge in [-0.2, -0.15) is 4.31 Å². The summed E-state index contributed by atoms with van der Waals surface area (Å²) in [5, 5.41) is 11.6. The minimum Gasteiger partial charge on any atom is -0.304 e. The number of sulfonamides is 1. The molecule has 1 saturated heterocycles. The number of carbonyl (C=O) groups excluding carboxylic acids is 1. The van der Waals surface area contributed by atoms with Crippen LogP contribution in [0.3, 0.4) is 0 Å². The highest BCUT2D eigenvalue weighted by Gasteiger charge is 2.28. The number of nitrogens with one attached hydrogen (secondary N) is 1. The Hall–Kier alpha value is -2.73. The van der Waals surface area contributed by atoms with Gasteiger partial charge in [0.25, 0.3) is 5.91 Å². The Bertz CT molecular complexity index is 1140. The summed E-state index contributed by atoms with van der Waals surface area (Å²) in [6, 6.07) is 11.5. The number of rotatable bonds is 5. The van der Waals surface area contributed by atoms with Crippen LogP contribution in [0.5, 0.6) is 0 Å². The first-order valence-electron chi connectivity index (χ1n) is 9.28. The number of piperazine rings is 1. The molecular formula is C19H20N6O3S2. The van der Waals surface area contributed by atoms with Crippen molar-refractivity contribution in [3.8, 4) is 10.7 Å². The summed E-state index contributed by atoms with van der Waals surface area (Å²) in [7, 11) is -1.69. The summed E-state index contributed by atoms with van der Waals surface area (Å²) in [5.41, 5.74) is 0.899. The third kappa shape index (κ3) is 4.38. The minimum atomic E-state index is -3.65. The van der Waals surface area contributed by atoms with Gasteiger partial charge in [0.05, 0.1) is 4.90 Å². The third-order valence-corrected chi connectivity index (χ3v) is 7.48. The standard InChI is InChI=1S/C19H20N6O3S2/c1-24-9-11-25(12-10-24)30(27,28)15-6-4-5-14(13-15)17(26)21-19-23-22-18(29-19)16-7-2-3-8-20-16/h2-8,13H,9-12H2,1H3,(H,21,23,26). The minimum absolute atomic E-state index is 0.103. The van der Waals surface area contributed by atoms with E-state index in [1.165, 1.54) is 27.8 Å². The average Bonchev–Trinajstić information content (AvgIpc) is 3.23. The van der Waals surface area contributed by atoms with Gasteiger partial charge in [-0.1, -0.05) is 23.5 Å². The van der Waals surface area contributed by atoms with Gasteiger partial charge in [-0.3, -0.25) is 15.1 Å². The van der Waals surface area contributed by atoms with Gasteiger partial charge in [0.2, 0.25) is 15.2 Å². The predicted octanol–water partition coefficient (Wildman–Crippen LogP) is 1.79. The molecule has 2 aromatic heterocycles. The van der Waals surface area contributed by atoms with Gasteiger partial charge in [0, 0.05) is 37.9 Å². The summed E-state index contributed by atoms with van der Waals surface area (Å²) >= 11 is 1.19. The Morgan fingerprint density at radius 3 is 2.60 bits per heavy atom. The van der Waals surface area contributed by atoms with Gasteiger partial charge in [-0.05, 0) is 37.4 Å². The van der Waals surface area contributed by atoms with Crippen LogP contribution in [0.1, 0.15) is 10.4 Å². The monoisotopic (exact) mass is 444 g/mol. The van der Waals surface area contributed by atoms with Crippen molar-refractivity contribution >= 4 is 32.4 Å². The van der Waals surface area contributed by atoms with E-state index >= 15 is 0 Å². The van der Waals surface area contributed by atoms with Crippen LogP contribution in [0.2, 0.25) is 0 Å². The Morgan fingerprint density at radius 1 is 1.07 bits per heavy atom. The molecular weight excluding hydrogens is 424 g/mol. The molecule has 30 heavy (non-hydrogen) atoms. The van der Waals surface area contributed by atoms with Gasteiger partial charge >= 0.3 is 0 Å². The second-order valence-electron chi connectivity index (χ2n) is 6.82. The summed E-state index contributed by atoms with van der Waals surface area (Å²) in [6.07, 6.45) is 1.65. The number of hydrogen-bond donors (Lipinski definition) is 1. The van der Waals surface area contributed by atoms with E-state index in [-0.39, 0.29) is 10.5 Å². The average molecular weight is 445 g/mol. The lowest BCUT2D eigenvalue weighted by molar-refractivity contribution is 0.102. The molecule has 0 unspecified atom stereocenters. The fourth-order valence-corrected chi connectivity index (χ4v) is 5.20. The molecule has 0 bridgehead atoms. The Morgan fingerprint density at radius 2 is 1.87 bits per heavy atom. The molecule has 1 amide bonds. The van der Waals surface area contributed by atoms with Crippen LogP contribution in [0, 0.1) is 0 Å². The number of hydrogen-bond acceptors (Lipinski definition) is 8. The number of aromatic nitrogens is 3. The van der Waals surface area contributed by atoms with Crippen molar-refractivity contribution in [1.82, 2.24) is 24.4 Å². The van der Waals surface area contributed by atoms with Crippen LogP contribution >= 0.6 is 11.3 Å². The van der Waals surface area contributed by atoms with Gasteiger partial charge in [-0.15, -0.1) is 10.2 Å². The van der Waals surface area contributed by atoms with E-state index in [2.05, 4.69) is 25.4 Å². The van der Waals surface area contributed by atoms with E-state index in [4.69, 9.17) is 0 Å². The number of nitrogens with zero attached hydrogens (tertiary/aromatic N) is 5. The first kappa shape index (κ1) is 20.5. The van der Waals surface area contributed by atoms with E-state index in [0.717, 1.165) is 0 Å². The van der Waals surface area contributed by atoms with Crippen LogP contribution in [0.15, 0.2) is 53.6 Å². The molecule has 9 nitrogen and oxygen atoms in total. The lowest BCUT2D eigenvalue weighted by Crippen LogP contribution is -2.47. The molecule has 1 aliphatic rings. The molecule has 3 heterocycles. The Kier molecular flexibility index (Phi) is 5.86. The second-order valence-corrected chi connectivity index (χ2v) is 9.73. The Labute approximate surface area is 178 Å². The first-order valence-corrected chi connectivity index (χ1v) is 11.5. The smallest absolute Gasteiger partial charge is 0.257 e. The van der Waals surface area contributed by atoms with Crippen molar-refractivity contribution in [2.45, 2.75) is 4.90 Å². The predicted molar refractivity (Wildman–Crippen MR) is 114 cm³/mol.